The van der Waals surface area contributed by atoms with E-state index >= 15 is 0 Å². The molecule has 0 saturated carbocycles. The number of anilines is 3. The van der Waals surface area contributed by atoms with Crippen LogP contribution in [0.25, 0.3) is 93.3 Å². The van der Waals surface area contributed by atoms with Gasteiger partial charge in [0.15, 0.2) is 0 Å². The number of rotatable bonds is 5. The lowest BCUT2D eigenvalue weighted by Crippen LogP contribution is -2.10. The first-order valence-electron chi connectivity index (χ1n) is 19.0. The Balaban J connectivity index is 1.09. The Labute approximate surface area is 321 Å². The van der Waals surface area contributed by atoms with Crippen molar-refractivity contribution in [2.45, 2.75) is 0 Å². The van der Waals surface area contributed by atoms with Gasteiger partial charge in [0.25, 0.3) is 0 Å². The molecule has 56 heavy (non-hydrogen) atoms. The molecule has 0 atom stereocenters. The van der Waals surface area contributed by atoms with Crippen molar-refractivity contribution in [3.63, 3.8) is 0 Å². The quantitative estimate of drug-likeness (QED) is 0.178. The van der Waals surface area contributed by atoms with Crippen LogP contribution in [0.4, 0.5) is 17.1 Å². The lowest BCUT2D eigenvalue weighted by molar-refractivity contribution is 0.669. The molecule has 0 aliphatic rings. The summed E-state index contributed by atoms with van der Waals surface area (Å²) in [6, 6.07) is 69.0. The van der Waals surface area contributed by atoms with E-state index in [4.69, 9.17) is 8.83 Å². The minimum absolute atomic E-state index is 0.847. The van der Waals surface area contributed by atoms with E-state index in [1.165, 1.54) is 21.8 Å². The van der Waals surface area contributed by atoms with Gasteiger partial charge in [-0.3, -0.25) is 0 Å². The number of fused-ring (bicyclic) bond motifs is 11. The summed E-state index contributed by atoms with van der Waals surface area (Å²) < 4.78 is 15.6. The van der Waals surface area contributed by atoms with Crippen LogP contribution in [0.1, 0.15) is 0 Å². The zero-order valence-corrected chi connectivity index (χ0v) is 30.2. The molecule has 3 aromatic heterocycles. The molecule has 0 bridgehead atoms. The molecule has 0 N–H and O–H groups in total. The van der Waals surface area contributed by atoms with E-state index in [-0.39, 0.29) is 0 Å². The second-order valence-corrected chi connectivity index (χ2v) is 14.4. The molecule has 0 saturated heterocycles. The van der Waals surface area contributed by atoms with Gasteiger partial charge in [-0.2, -0.15) is 0 Å². The highest BCUT2D eigenvalue weighted by atomic mass is 16.3. The van der Waals surface area contributed by atoms with Crippen LogP contribution in [0.15, 0.2) is 203 Å². The molecule has 9 aromatic carbocycles. The average Bonchev–Trinajstić information content (AvgIpc) is 3.95. The molecule has 4 heteroatoms. The van der Waals surface area contributed by atoms with Gasteiger partial charge in [-0.1, -0.05) is 127 Å². The molecule has 4 nitrogen and oxygen atoms in total. The van der Waals surface area contributed by atoms with Crippen molar-refractivity contribution >= 4 is 93.5 Å². The van der Waals surface area contributed by atoms with Crippen molar-refractivity contribution in [2.24, 2.45) is 0 Å². The number of nitrogens with zero attached hydrogens (tertiary/aromatic N) is 2. The average molecular weight is 717 g/mol. The Hall–Kier alpha value is -7.56. The molecule has 0 aliphatic carbocycles. The predicted molar refractivity (Wildman–Crippen MR) is 233 cm³/mol. The van der Waals surface area contributed by atoms with E-state index in [1.807, 2.05) is 12.1 Å². The van der Waals surface area contributed by atoms with Crippen LogP contribution in [-0.4, -0.2) is 4.57 Å². The minimum Gasteiger partial charge on any atom is -0.456 e. The smallest absolute Gasteiger partial charge is 0.143 e. The second kappa shape index (κ2) is 12.0. The topological polar surface area (TPSA) is 34.5 Å². The van der Waals surface area contributed by atoms with E-state index in [2.05, 4.69) is 191 Å². The number of aromatic nitrogens is 1. The summed E-state index contributed by atoms with van der Waals surface area (Å²) in [7, 11) is 0. The Morgan fingerprint density at radius 1 is 0.375 bits per heavy atom. The number of hydrogen-bond donors (Lipinski definition) is 0. The van der Waals surface area contributed by atoms with Crippen molar-refractivity contribution in [3.05, 3.63) is 194 Å². The highest BCUT2D eigenvalue weighted by Gasteiger charge is 2.24. The molecule has 0 spiro atoms. The van der Waals surface area contributed by atoms with Gasteiger partial charge in [-0.15, -0.1) is 0 Å². The predicted octanol–water partition coefficient (Wildman–Crippen LogP) is 14.9. The van der Waals surface area contributed by atoms with Gasteiger partial charge in [0.1, 0.15) is 22.3 Å². The molecule has 0 radical (unpaired) electrons. The summed E-state index contributed by atoms with van der Waals surface area (Å²) in [4.78, 5) is 2.37. The van der Waals surface area contributed by atoms with Crippen LogP contribution in [0, 0.1) is 0 Å². The van der Waals surface area contributed by atoms with Crippen molar-refractivity contribution < 1.29 is 8.83 Å². The lowest BCUT2D eigenvalue weighted by atomic mass is 10.0. The highest BCUT2D eigenvalue weighted by molar-refractivity contribution is 6.21. The van der Waals surface area contributed by atoms with Gasteiger partial charge >= 0.3 is 0 Å². The Kier molecular flexibility index (Phi) is 6.60. The molecule has 12 aromatic rings. The van der Waals surface area contributed by atoms with Gasteiger partial charge < -0.3 is 18.3 Å². The van der Waals surface area contributed by atoms with Crippen molar-refractivity contribution in [1.82, 2.24) is 4.57 Å². The Bertz CT molecular complexity index is 3440. The maximum Gasteiger partial charge on any atom is 0.143 e. The maximum absolute atomic E-state index is 6.71. The molecule has 0 unspecified atom stereocenters. The molecular weight excluding hydrogens is 685 g/mol. The maximum atomic E-state index is 6.71. The fraction of sp³-hybridized carbons (Fsp3) is 0. The fourth-order valence-electron chi connectivity index (χ4n) is 8.96. The van der Waals surface area contributed by atoms with Crippen molar-refractivity contribution in [3.8, 4) is 16.8 Å². The first-order chi connectivity index (χ1) is 27.8. The van der Waals surface area contributed by atoms with Crippen LogP contribution in [-0.2, 0) is 0 Å². The van der Waals surface area contributed by atoms with Gasteiger partial charge in [0.2, 0.25) is 0 Å². The van der Waals surface area contributed by atoms with E-state index < -0.39 is 0 Å². The lowest BCUT2D eigenvalue weighted by Gasteiger charge is -2.27. The summed E-state index contributed by atoms with van der Waals surface area (Å²) in [5.74, 6) is 0. The van der Waals surface area contributed by atoms with E-state index in [9.17, 15) is 0 Å². The normalized spacial score (nSPS) is 11.9. The number of para-hydroxylation sites is 4. The van der Waals surface area contributed by atoms with Gasteiger partial charge in [-0.25, -0.2) is 0 Å². The van der Waals surface area contributed by atoms with Gasteiger partial charge in [0, 0.05) is 38.2 Å². The standard InChI is InChI=1S/C52H32N2O2/c1-2-15-37-33(13-1)29-32-41-51-46(23-12-26-49(51)56-52(37)41)53(45-22-11-25-48-50(45)40-18-6-10-24-47(40)55-48)35-30-27-34(28-31-35)36-14-3-7-19-42(36)54-43-20-8-4-16-38(43)39-17-5-9-21-44(39)54/h1-32H. The molecule has 0 aliphatic heterocycles. The number of benzene rings is 9. The minimum atomic E-state index is 0.847. The summed E-state index contributed by atoms with van der Waals surface area (Å²) >= 11 is 0. The molecule has 262 valence electrons. The zero-order chi connectivity index (χ0) is 36.7. The zero-order valence-electron chi connectivity index (χ0n) is 30.2. The fourth-order valence-corrected chi connectivity index (χ4v) is 8.96. The van der Waals surface area contributed by atoms with Crippen LogP contribution in [0.3, 0.4) is 0 Å². The summed E-state index contributed by atoms with van der Waals surface area (Å²) in [6.07, 6.45) is 0. The van der Waals surface area contributed by atoms with E-state index in [1.54, 1.807) is 0 Å². The third-order valence-corrected chi connectivity index (χ3v) is 11.4. The van der Waals surface area contributed by atoms with E-state index in [0.717, 1.165) is 88.5 Å². The van der Waals surface area contributed by atoms with Crippen LogP contribution < -0.4 is 4.90 Å². The molecule has 0 fully saturated rings. The Morgan fingerprint density at radius 2 is 0.946 bits per heavy atom. The summed E-state index contributed by atoms with van der Waals surface area (Å²) in [5.41, 5.74) is 12.4. The third-order valence-electron chi connectivity index (χ3n) is 11.4. The first kappa shape index (κ1) is 30.9. The summed E-state index contributed by atoms with van der Waals surface area (Å²) in [6.45, 7) is 0. The number of hydrogen-bond acceptors (Lipinski definition) is 3. The van der Waals surface area contributed by atoms with Gasteiger partial charge in [0.05, 0.1) is 38.9 Å². The third kappa shape index (κ3) is 4.47. The van der Waals surface area contributed by atoms with Crippen LogP contribution in [0.2, 0.25) is 0 Å². The molecule has 3 heterocycles. The number of furan rings is 2. The molecule has 12 rings (SSSR count). The highest BCUT2D eigenvalue weighted by Crippen LogP contribution is 2.48. The monoisotopic (exact) mass is 716 g/mol. The second-order valence-electron chi connectivity index (χ2n) is 14.4. The summed E-state index contributed by atoms with van der Waals surface area (Å²) in [5, 5.41) is 9.06. The first-order valence-corrected chi connectivity index (χ1v) is 19.0. The van der Waals surface area contributed by atoms with E-state index in [0.29, 0.717) is 0 Å². The molecule has 0 amide bonds. The van der Waals surface area contributed by atoms with Crippen molar-refractivity contribution in [1.29, 1.82) is 0 Å². The van der Waals surface area contributed by atoms with Crippen LogP contribution in [0.5, 0.6) is 0 Å². The van der Waals surface area contributed by atoms with Crippen molar-refractivity contribution in [2.75, 3.05) is 4.90 Å². The SMILES string of the molecule is c1ccc(-n2c3ccccc3c3ccccc32)c(-c2ccc(N(c3cccc4oc5ccccc5c34)c3cccc4oc5c6ccccc6ccc5c34)cc2)c1. The van der Waals surface area contributed by atoms with Crippen LogP contribution >= 0.6 is 0 Å². The van der Waals surface area contributed by atoms with Gasteiger partial charge in [-0.05, 0) is 77.7 Å². The molecular formula is C52H32N2O2. The Morgan fingerprint density at radius 3 is 1.70 bits per heavy atom. The largest absolute Gasteiger partial charge is 0.456 e.